The highest BCUT2D eigenvalue weighted by Crippen LogP contribution is 2.19. The molecule has 0 saturated carbocycles. The van der Waals surface area contributed by atoms with E-state index < -0.39 is 0 Å². The van der Waals surface area contributed by atoms with Crippen molar-refractivity contribution in [3.8, 4) is 11.3 Å². The SMILES string of the molecule is Cc1cc2nc(-c3ccccc3)cn2c(C)n1. The average molecular weight is 223 g/mol. The van der Waals surface area contributed by atoms with Gasteiger partial charge in [0.2, 0.25) is 0 Å². The molecule has 0 aliphatic heterocycles. The Labute approximate surface area is 99.8 Å². The van der Waals surface area contributed by atoms with Crippen molar-refractivity contribution in [1.29, 1.82) is 0 Å². The predicted molar refractivity (Wildman–Crippen MR) is 67.9 cm³/mol. The van der Waals surface area contributed by atoms with Gasteiger partial charge in [0.15, 0.2) is 0 Å². The molecule has 0 N–H and O–H groups in total. The number of fused-ring (bicyclic) bond motifs is 1. The Morgan fingerprint density at radius 1 is 1.00 bits per heavy atom. The minimum atomic E-state index is 0.953. The van der Waals surface area contributed by atoms with Gasteiger partial charge >= 0.3 is 0 Å². The minimum Gasteiger partial charge on any atom is -0.287 e. The smallest absolute Gasteiger partial charge is 0.140 e. The van der Waals surface area contributed by atoms with Crippen LogP contribution in [0.2, 0.25) is 0 Å². The minimum absolute atomic E-state index is 0.953. The molecule has 2 aromatic heterocycles. The summed E-state index contributed by atoms with van der Waals surface area (Å²) in [6.45, 7) is 3.99. The fourth-order valence-electron chi connectivity index (χ4n) is 2.03. The van der Waals surface area contributed by atoms with Gasteiger partial charge in [-0.05, 0) is 13.8 Å². The number of hydrogen-bond acceptors (Lipinski definition) is 2. The zero-order valence-electron chi connectivity index (χ0n) is 9.88. The van der Waals surface area contributed by atoms with E-state index in [0.29, 0.717) is 0 Å². The lowest BCUT2D eigenvalue weighted by atomic mass is 10.2. The van der Waals surface area contributed by atoms with Gasteiger partial charge in [-0.1, -0.05) is 30.3 Å². The molecule has 3 rings (SSSR count). The monoisotopic (exact) mass is 223 g/mol. The molecule has 1 aromatic carbocycles. The van der Waals surface area contributed by atoms with E-state index in [2.05, 4.69) is 22.1 Å². The standard InChI is InChI=1S/C14H13N3/c1-10-8-14-16-13(9-17(14)11(2)15-10)12-6-4-3-5-7-12/h3-9H,1-2H3. The van der Waals surface area contributed by atoms with Crippen molar-refractivity contribution in [2.24, 2.45) is 0 Å². The Kier molecular flexibility index (Phi) is 2.18. The number of rotatable bonds is 1. The number of imidazole rings is 1. The summed E-state index contributed by atoms with van der Waals surface area (Å²) in [4.78, 5) is 9.06. The molecule has 0 unspecified atom stereocenters. The van der Waals surface area contributed by atoms with Gasteiger partial charge in [-0.3, -0.25) is 4.40 Å². The van der Waals surface area contributed by atoms with Crippen molar-refractivity contribution >= 4 is 5.65 Å². The third kappa shape index (κ3) is 1.69. The van der Waals surface area contributed by atoms with Crippen LogP contribution in [0.1, 0.15) is 11.5 Å². The normalized spacial score (nSPS) is 10.9. The summed E-state index contributed by atoms with van der Waals surface area (Å²) in [6, 6.07) is 12.2. The Bertz CT molecular complexity index is 669. The number of aromatic nitrogens is 3. The summed E-state index contributed by atoms with van der Waals surface area (Å²) in [5.41, 5.74) is 4.07. The maximum atomic E-state index is 4.63. The van der Waals surface area contributed by atoms with E-state index in [1.54, 1.807) is 0 Å². The van der Waals surface area contributed by atoms with E-state index in [4.69, 9.17) is 0 Å². The molecule has 3 heteroatoms. The van der Waals surface area contributed by atoms with E-state index in [1.165, 1.54) is 0 Å². The summed E-state index contributed by atoms with van der Waals surface area (Å²) in [7, 11) is 0. The molecule has 2 heterocycles. The summed E-state index contributed by atoms with van der Waals surface area (Å²) in [6.07, 6.45) is 2.03. The van der Waals surface area contributed by atoms with E-state index in [-0.39, 0.29) is 0 Å². The molecule has 84 valence electrons. The van der Waals surface area contributed by atoms with Crippen LogP contribution in [0.3, 0.4) is 0 Å². The molecule has 17 heavy (non-hydrogen) atoms. The summed E-state index contributed by atoms with van der Waals surface area (Å²) < 4.78 is 2.02. The van der Waals surface area contributed by atoms with Crippen LogP contribution in [0.4, 0.5) is 0 Å². The molecular weight excluding hydrogens is 210 g/mol. The second kappa shape index (κ2) is 3.70. The molecule has 0 aliphatic rings. The molecule has 0 radical (unpaired) electrons. The van der Waals surface area contributed by atoms with Gasteiger partial charge in [0.25, 0.3) is 0 Å². The van der Waals surface area contributed by atoms with E-state index in [1.807, 2.05) is 48.7 Å². The zero-order valence-corrected chi connectivity index (χ0v) is 9.88. The topological polar surface area (TPSA) is 30.2 Å². The van der Waals surface area contributed by atoms with E-state index in [9.17, 15) is 0 Å². The first-order valence-corrected chi connectivity index (χ1v) is 5.63. The van der Waals surface area contributed by atoms with Crippen molar-refractivity contribution in [2.75, 3.05) is 0 Å². The van der Waals surface area contributed by atoms with Crippen LogP contribution in [0.25, 0.3) is 16.9 Å². The summed E-state index contributed by atoms with van der Waals surface area (Å²) >= 11 is 0. The van der Waals surface area contributed by atoms with Crippen LogP contribution in [0.15, 0.2) is 42.6 Å². The second-order valence-electron chi connectivity index (χ2n) is 4.17. The van der Waals surface area contributed by atoms with Gasteiger partial charge in [0.1, 0.15) is 11.5 Å². The van der Waals surface area contributed by atoms with Crippen LogP contribution in [0.5, 0.6) is 0 Å². The van der Waals surface area contributed by atoms with Crippen molar-refractivity contribution in [3.05, 3.63) is 54.1 Å². The predicted octanol–water partition coefficient (Wildman–Crippen LogP) is 3.01. The zero-order chi connectivity index (χ0) is 11.8. The van der Waals surface area contributed by atoms with Gasteiger partial charge in [0.05, 0.1) is 5.69 Å². The first-order chi connectivity index (χ1) is 8.24. The molecule has 3 nitrogen and oxygen atoms in total. The second-order valence-corrected chi connectivity index (χ2v) is 4.17. The van der Waals surface area contributed by atoms with Crippen molar-refractivity contribution in [2.45, 2.75) is 13.8 Å². The van der Waals surface area contributed by atoms with Crippen LogP contribution in [0, 0.1) is 13.8 Å². The highest BCUT2D eigenvalue weighted by molar-refractivity contribution is 5.62. The van der Waals surface area contributed by atoms with Crippen LogP contribution in [-0.2, 0) is 0 Å². The number of nitrogens with zero attached hydrogens (tertiary/aromatic N) is 3. The molecule has 0 atom stereocenters. The fraction of sp³-hybridized carbons (Fsp3) is 0.143. The highest BCUT2D eigenvalue weighted by Gasteiger charge is 2.06. The number of benzene rings is 1. The van der Waals surface area contributed by atoms with E-state index in [0.717, 1.165) is 28.4 Å². The first kappa shape index (κ1) is 10.0. The van der Waals surface area contributed by atoms with Gasteiger partial charge in [-0.2, -0.15) is 0 Å². The largest absolute Gasteiger partial charge is 0.287 e. The third-order valence-corrected chi connectivity index (χ3v) is 2.83. The number of hydrogen-bond donors (Lipinski definition) is 0. The molecule has 0 aliphatic carbocycles. The quantitative estimate of drug-likeness (QED) is 0.634. The summed E-state index contributed by atoms with van der Waals surface area (Å²) in [5.74, 6) is 0.967. The maximum absolute atomic E-state index is 4.63. The molecule has 3 aromatic rings. The van der Waals surface area contributed by atoms with Gasteiger partial charge in [0, 0.05) is 23.5 Å². The van der Waals surface area contributed by atoms with Crippen molar-refractivity contribution in [1.82, 2.24) is 14.4 Å². The van der Waals surface area contributed by atoms with Crippen molar-refractivity contribution < 1.29 is 0 Å². The highest BCUT2D eigenvalue weighted by atomic mass is 15.1. The lowest BCUT2D eigenvalue weighted by molar-refractivity contribution is 0.961. The number of aryl methyl sites for hydroxylation is 2. The average Bonchev–Trinajstić information content (AvgIpc) is 2.74. The maximum Gasteiger partial charge on any atom is 0.140 e. The molecule has 0 fully saturated rings. The molecule has 0 bridgehead atoms. The van der Waals surface area contributed by atoms with E-state index >= 15 is 0 Å². The third-order valence-electron chi connectivity index (χ3n) is 2.83. The Morgan fingerprint density at radius 3 is 2.53 bits per heavy atom. The molecule has 0 spiro atoms. The van der Waals surface area contributed by atoms with Gasteiger partial charge < -0.3 is 0 Å². The van der Waals surface area contributed by atoms with Gasteiger partial charge in [-0.15, -0.1) is 0 Å². The lowest BCUT2D eigenvalue weighted by Crippen LogP contribution is -1.95. The molecule has 0 saturated heterocycles. The van der Waals surface area contributed by atoms with Crippen LogP contribution >= 0.6 is 0 Å². The first-order valence-electron chi connectivity index (χ1n) is 5.63. The Balaban J connectivity index is 2.24. The van der Waals surface area contributed by atoms with Gasteiger partial charge in [-0.25, -0.2) is 9.97 Å². The lowest BCUT2D eigenvalue weighted by Gasteiger charge is -1.98. The van der Waals surface area contributed by atoms with Crippen LogP contribution < -0.4 is 0 Å². The Morgan fingerprint density at radius 2 is 1.76 bits per heavy atom. The Hall–Kier alpha value is -2.16. The van der Waals surface area contributed by atoms with Crippen LogP contribution in [-0.4, -0.2) is 14.4 Å². The van der Waals surface area contributed by atoms with Crippen molar-refractivity contribution in [3.63, 3.8) is 0 Å². The molecule has 0 amide bonds. The summed E-state index contributed by atoms with van der Waals surface area (Å²) in [5, 5.41) is 0. The fourth-order valence-corrected chi connectivity index (χ4v) is 2.03. The molecular formula is C14H13N3.